The summed E-state index contributed by atoms with van der Waals surface area (Å²) in [7, 11) is 2.04. The molecule has 0 unspecified atom stereocenters. The fraction of sp³-hybridized carbons (Fsp3) is 0.933. The van der Waals surface area contributed by atoms with Crippen molar-refractivity contribution < 1.29 is 9.84 Å². The molecule has 0 heterocycles. The number of nitrogens with one attached hydrogen (secondary N) is 1. The van der Waals surface area contributed by atoms with Crippen molar-refractivity contribution in [2.45, 2.75) is 32.6 Å². The fourth-order valence-corrected chi connectivity index (χ4v) is 2.10. The number of aliphatic hydroxyl groups is 1. The van der Waals surface area contributed by atoms with Crippen molar-refractivity contribution in [1.82, 2.24) is 10.2 Å². The molecule has 0 spiro atoms. The van der Waals surface area contributed by atoms with Crippen LogP contribution >= 0.6 is 0 Å². The zero-order valence-corrected chi connectivity index (χ0v) is 12.9. The van der Waals surface area contributed by atoms with E-state index in [4.69, 9.17) is 4.74 Å². The van der Waals surface area contributed by atoms with E-state index in [1.165, 1.54) is 12.8 Å². The second kappa shape index (κ2) is 7.27. The van der Waals surface area contributed by atoms with Crippen molar-refractivity contribution in [1.29, 1.82) is 0 Å². The van der Waals surface area contributed by atoms with Crippen LogP contribution in [0.1, 0.15) is 32.6 Å². The number of aliphatic hydroxyl groups excluding tert-OH is 1. The van der Waals surface area contributed by atoms with Gasteiger partial charge in [-0.3, -0.25) is 4.99 Å². The summed E-state index contributed by atoms with van der Waals surface area (Å²) in [5.41, 5.74) is 0.0734. The molecule has 0 bridgehead atoms. The minimum absolute atomic E-state index is 0.0734. The smallest absolute Gasteiger partial charge is 0.193 e. The lowest BCUT2D eigenvalue weighted by Gasteiger charge is -2.22. The van der Waals surface area contributed by atoms with Crippen LogP contribution < -0.4 is 5.32 Å². The first-order valence-corrected chi connectivity index (χ1v) is 7.87. The van der Waals surface area contributed by atoms with E-state index in [-0.39, 0.29) is 12.0 Å². The molecule has 2 rings (SSSR count). The van der Waals surface area contributed by atoms with Gasteiger partial charge in [0, 0.05) is 32.2 Å². The van der Waals surface area contributed by atoms with Crippen molar-refractivity contribution in [3.63, 3.8) is 0 Å². The standard InChI is InChI=1S/C15H29N3O2/c1-3-16-14(17-11-15(12-19)6-7-15)18(2)8-9-20-10-13-4-5-13/h13,19H,3-12H2,1-2H3,(H,16,17). The molecule has 0 aromatic heterocycles. The SMILES string of the molecule is CCNC(=NCC1(CO)CC1)N(C)CCOCC1CC1. The van der Waals surface area contributed by atoms with E-state index < -0.39 is 0 Å². The van der Waals surface area contributed by atoms with Gasteiger partial charge in [-0.25, -0.2) is 0 Å². The molecule has 0 aromatic carbocycles. The third-order valence-corrected chi connectivity index (χ3v) is 4.17. The Morgan fingerprint density at radius 1 is 1.45 bits per heavy atom. The molecule has 2 fully saturated rings. The van der Waals surface area contributed by atoms with Crippen LogP contribution in [-0.4, -0.2) is 62.5 Å². The zero-order chi connectivity index (χ0) is 14.4. The van der Waals surface area contributed by atoms with E-state index in [1.54, 1.807) is 0 Å². The number of rotatable bonds is 9. The highest BCUT2D eigenvalue weighted by atomic mass is 16.5. The molecule has 0 aromatic rings. The Bertz CT molecular complexity index is 325. The van der Waals surface area contributed by atoms with Gasteiger partial charge in [-0.15, -0.1) is 0 Å². The molecule has 5 heteroatoms. The lowest BCUT2D eigenvalue weighted by molar-refractivity contribution is 0.115. The number of aliphatic imine (C=N–C) groups is 1. The molecule has 2 N–H and O–H groups in total. The number of guanidine groups is 1. The van der Waals surface area contributed by atoms with Crippen LogP contribution in [0.2, 0.25) is 0 Å². The van der Waals surface area contributed by atoms with Crippen molar-refractivity contribution in [2.24, 2.45) is 16.3 Å². The number of nitrogens with zero attached hydrogens (tertiary/aromatic N) is 2. The minimum Gasteiger partial charge on any atom is -0.396 e. The number of ether oxygens (including phenoxy) is 1. The maximum Gasteiger partial charge on any atom is 0.193 e. The Morgan fingerprint density at radius 2 is 2.20 bits per heavy atom. The van der Waals surface area contributed by atoms with Gasteiger partial charge in [0.1, 0.15) is 0 Å². The summed E-state index contributed by atoms with van der Waals surface area (Å²) >= 11 is 0. The molecule has 116 valence electrons. The van der Waals surface area contributed by atoms with Gasteiger partial charge in [-0.05, 0) is 38.5 Å². The second-order valence-electron chi connectivity index (χ2n) is 6.27. The summed E-state index contributed by atoms with van der Waals surface area (Å²) < 4.78 is 5.67. The van der Waals surface area contributed by atoms with Gasteiger partial charge in [-0.1, -0.05) is 0 Å². The minimum atomic E-state index is 0.0734. The van der Waals surface area contributed by atoms with E-state index in [1.807, 2.05) is 7.05 Å². The van der Waals surface area contributed by atoms with Crippen molar-refractivity contribution >= 4 is 5.96 Å². The molecular formula is C15H29N3O2. The third-order valence-electron chi connectivity index (χ3n) is 4.17. The Labute approximate surface area is 122 Å². The molecule has 0 atom stereocenters. The Balaban J connectivity index is 1.71. The van der Waals surface area contributed by atoms with Gasteiger partial charge in [0.05, 0.1) is 19.8 Å². The summed E-state index contributed by atoms with van der Waals surface area (Å²) in [5.74, 6) is 1.74. The maximum absolute atomic E-state index is 9.35. The molecular weight excluding hydrogens is 254 g/mol. The van der Waals surface area contributed by atoms with Crippen LogP contribution in [0.15, 0.2) is 4.99 Å². The topological polar surface area (TPSA) is 57.1 Å². The third kappa shape index (κ3) is 4.94. The second-order valence-corrected chi connectivity index (χ2v) is 6.27. The van der Waals surface area contributed by atoms with Crippen molar-refractivity contribution in [3.8, 4) is 0 Å². The predicted octanol–water partition coefficient (Wildman–Crippen LogP) is 1.08. The first-order valence-electron chi connectivity index (χ1n) is 7.87. The molecule has 0 aliphatic heterocycles. The molecule has 2 saturated carbocycles. The first kappa shape index (κ1) is 15.6. The molecule has 0 saturated heterocycles. The zero-order valence-electron chi connectivity index (χ0n) is 12.9. The Kier molecular flexibility index (Phi) is 5.66. The van der Waals surface area contributed by atoms with Gasteiger partial charge >= 0.3 is 0 Å². The van der Waals surface area contributed by atoms with Crippen LogP contribution in [0.5, 0.6) is 0 Å². The molecule has 2 aliphatic rings. The normalized spacial score (nSPS) is 20.9. The summed E-state index contributed by atoms with van der Waals surface area (Å²) in [6.45, 7) is 6.43. The van der Waals surface area contributed by atoms with E-state index >= 15 is 0 Å². The molecule has 20 heavy (non-hydrogen) atoms. The monoisotopic (exact) mass is 283 g/mol. The fourth-order valence-electron chi connectivity index (χ4n) is 2.10. The number of hydrogen-bond donors (Lipinski definition) is 2. The van der Waals surface area contributed by atoms with Crippen LogP contribution in [0.3, 0.4) is 0 Å². The Hall–Kier alpha value is -0.810. The van der Waals surface area contributed by atoms with Gasteiger partial charge in [0.2, 0.25) is 0 Å². The van der Waals surface area contributed by atoms with Gasteiger partial charge in [0.25, 0.3) is 0 Å². The van der Waals surface area contributed by atoms with Crippen LogP contribution in [0, 0.1) is 11.3 Å². The number of likely N-dealkylation sites (N-methyl/N-ethyl adjacent to an activating group) is 1. The summed E-state index contributed by atoms with van der Waals surface area (Å²) in [6, 6.07) is 0. The first-order chi connectivity index (χ1) is 9.69. The quantitative estimate of drug-likeness (QED) is 0.378. The van der Waals surface area contributed by atoms with Gasteiger partial charge in [0.15, 0.2) is 5.96 Å². The predicted molar refractivity (Wildman–Crippen MR) is 80.9 cm³/mol. The van der Waals surface area contributed by atoms with E-state index in [2.05, 4.69) is 22.1 Å². The highest BCUT2D eigenvalue weighted by molar-refractivity contribution is 5.79. The molecule has 0 amide bonds. The van der Waals surface area contributed by atoms with Crippen LogP contribution in [-0.2, 0) is 4.74 Å². The van der Waals surface area contributed by atoms with E-state index in [9.17, 15) is 5.11 Å². The average Bonchev–Trinajstić information content (AvgIpc) is 3.35. The van der Waals surface area contributed by atoms with Crippen LogP contribution in [0.25, 0.3) is 0 Å². The highest BCUT2D eigenvalue weighted by Gasteiger charge is 2.41. The largest absolute Gasteiger partial charge is 0.396 e. The number of hydrogen-bond acceptors (Lipinski definition) is 3. The summed E-state index contributed by atoms with van der Waals surface area (Å²) in [4.78, 5) is 6.78. The lowest BCUT2D eigenvalue weighted by atomic mass is 10.1. The Morgan fingerprint density at radius 3 is 2.75 bits per heavy atom. The van der Waals surface area contributed by atoms with Gasteiger partial charge < -0.3 is 20.1 Å². The lowest BCUT2D eigenvalue weighted by Crippen LogP contribution is -2.41. The molecule has 5 nitrogen and oxygen atoms in total. The van der Waals surface area contributed by atoms with E-state index in [0.717, 1.165) is 57.6 Å². The van der Waals surface area contributed by atoms with E-state index in [0.29, 0.717) is 0 Å². The summed E-state index contributed by atoms with van der Waals surface area (Å²) in [5, 5.41) is 12.7. The van der Waals surface area contributed by atoms with Gasteiger partial charge in [-0.2, -0.15) is 0 Å². The van der Waals surface area contributed by atoms with Crippen molar-refractivity contribution in [3.05, 3.63) is 0 Å². The van der Waals surface area contributed by atoms with Crippen LogP contribution in [0.4, 0.5) is 0 Å². The van der Waals surface area contributed by atoms with Crippen molar-refractivity contribution in [2.75, 3.05) is 46.5 Å². The highest BCUT2D eigenvalue weighted by Crippen LogP contribution is 2.45. The molecule has 0 radical (unpaired) electrons. The maximum atomic E-state index is 9.35. The molecule has 2 aliphatic carbocycles. The summed E-state index contributed by atoms with van der Waals surface area (Å²) in [6.07, 6.45) is 4.87. The average molecular weight is 283 g/mol.